The average molecular weight is 414 g/mol. The van der Waals surface area contributed by atoms with Gasteiger partial charge in [0.25, 0.3) is 5.69 Å². The maximum Gasteiger partial charge on any atom is 0.293 e. The molecule has 1 aliphatic heterocycles. The fourth-order valence-corrected chi connectivity index (χ4v) is 3.58. The smallest absolute Gasteiger partial charge is 0.293 e. The molecule has 3 heterocycles. The Hall–Kier alpha value is -3.24. The molecule has 0 bridgehead atoms. The molecule has 1 aliphatic rings. The van der Waals surface area contributed by atoms with E-state index in [4.69, 9.17) is 14.0 Å². The van der Waals surface area contributed by atoms with Crippen molar-refractivity contribution in [3.8, 4) is 10.8 Å². The Morgan fingerprint density at radius 1 is 1.34 bits per heavy atom. The number of ether oxygens (including phenoxy) is 1. The minimum absolute atomic E-state index is 0.0351. The Bertz CT molecular complexity index is 996. The van der Waals surface area contributed by atoms with Crippen molar-refractivity contribution in [2.75, 3.05) is 31.2 Å². The lowest BCUT2D eigenvalue weighted by Crippen LogP contribution is -2.36. The molecule has 10 heteroatoms. The standard InChI is InChI=1S/C19H18N4O5S/c24-23(25)17-10-14(3-4-16(17)22-5-7-26-8-6-22)11-20-28-13-15-12-27-19(21-15)18-2-1-9-29-18/h1-4,9-12H,5-8,13H2/b20-11-. The van der Waals surface area contributed by atoms with Gasteiger partial charge in [0, 0.05) is 24.7 Å². The number of rotatable bonds is 7. The minimum Gasteiger partial charge on any atom is -0.443 e. The van der Waals surface area contributed by atoms with Gasteiger partial charge in [0.2, 0.25) is 5.89 Å². The molecular weight excluding hydrogens is 396 g/mol. The number of oxazole rings is 1. The van der Waals surface area contributed by atoms with E-state index in [2.05, 4.69) is 10.1 Å². The Labute approximate surface area is 170 Å². The van der Waals surface area contributed by atoms with E-state index in [1.807, 2.05) is 22.4 Å². The molecule has 0 amide bonds. The van der Waals surface area contributed by atoms with E-state index in [1.165, 1.54) is 29.9 Å². The summed E-state index contributed by atoms with van der Waals surface area (Å²) >= 11 is 1.54. The van der Waals surface area contributed by atoms with E-state index in [0.29, 0.717) is 49.1 Å². The van der Waals surface area contributed by atoms with Crippen molar-refractivity contribution in [3.63, 3.8) is 0 Å². The third-order valence-corrected chi connectivity index (χ3v) is 5.18. The zero-order chi connectivity index (χ0) is 20.1. The summed E-state index contributed by atoms with van der Waals surface area (Å²) in [4.78, 5) is 23.6. The molecule has 9 nitrogen and oxygen atoms in total. The first-order valence-electron chi connectivity index (χ1n) is 8.95. The first kappa shape index (κ1) is 19.1. The molecule has 29 heavy (non-hydrogen) atoms. The molecule has 0 N–H and O–H groups in total. The van der Waals surface area contributed by atoms with Gasteiger partial charge in [-0.25, -0.2) is 4.98 Å². The van der Waals surface area contributed by atoms with Crippen LogP contribution in [0.4, 0.5) is 11.4 Å². The predicted molar refractivity (Wildman–Crippen MR) is 108 cm³/mol. The molecule has 0 unspecified atom stereocenters. The van der Waals surface area contributed by atoms with Gasteiger partial charge in [0.15, 0.2) is 6.61 Å². The Morgan fingerprint density at radius 3 is 2.97 bits per heavy atom. The van der Waals surface area contributed by atoms with Gasteiger partial charge in [-0.1, -0.05) is 17.3 Å². The van der Waals surface area contributed by atoms with Crippen molar-refractivity contribution in [2.24, 2.45) is 5.16 Å². The van der Waals surface area contributed by atoms with Crippen molar-refractivity contribution >= 4 is 28.9 Å². The first-order chi connectivity index (χ1) is 14.2. The summed E-state index contributed by atoms with van der Waals surface area (Å²) in [6.45, 7) is 2.51. The number of hydrogen-bond acceptors (Lipinski definition) is 9. The van der Waals surface area contributed by atoms with Crippen LogP contribution in [0.1, 0.15) is 11.3 Å². The number of morpholine rings is 1. The highest BCUT2D eigenvalue weighted by atomic mass is 32.1. The molecule has 4 rings (SSSR count). The molecule has 150 valence electrons. The van der Waals surface area contributed by atoms with Gasteiger partial charge < -0.3 is 18.9 Å². The van der Waals surface area contributed by atoms with Crippen LogP contribution in [0.3, 0.4) is 0 Å². The van der Waals surface area contributed by atoms with Crippen molar-refractivity contribution < 1.29 is 18.9 Å². The number of oxime groups is 1. The van der Waals surface area contributed by atoms with Crippen molar-refractivity contribution in [1.82, 2.24) is 4.98 Å². The van der Waals surface area contributed by atoms with Crippen LogP contribution >= 0.6 is 11.3 Å². The highest BCUT2D eigenvalue weighted by Crippen LogP contribution is 2.29. The van der Waals surface area contributed by atoms with Crippen molar-refractivity contribution in [1.29, 1.82) is 0 Å². The topological polar surface area (TPSA) is 103 Å². The van der Waals surface area contributed by atoms with Gasteiger partial charge in [-0.2, -0.15) is 0 Å². The largest absolute Gasteiger partial charge is 0.443 e. The molecular formula is C19H18N4O5S. The quantitative estimate of drug-likeness (QED) is 0.330. The van der Waals surface area contributed by atoms with Crippen molar-refractivity contribution in [2.45, 2.75) is 6.61 Å². The maximum atomic E-state index is 11.5. The normalized spacial score (nSPS) is 14.4. The van der Waals surface area contributed by atoms with Crippen LogP contribution in [-0.2, 0) is 16.2 Å². The van der Waals surface area contributed by atoms with Gasteiger partial charge in [-0.05, 0) is 17.5 Å². The van der Waals surface area contributed by atoms with Crippen LogP contribution in [0.15, 0.2) is 51.5 Å². The molecule has 1 fully saturated rings. The van der Waals surface area contributed by atoms with E-state index in [9.17, 15) is 10.1 Å². The van der Waals surface area contributed by atoms with Crippen molar-refractivity contribution in [3.05, 3.63) is 63.3 Å². The SMILES string of the molecule is O=[N+]([O-])c1cc(/C=N\OCc2coc(-c3cccs3)n2)ccc1N1CCOCC1. The molecule has 0 radical (unpaired) electrons. The van der Waals surface area contributed by atoms with Gasteiger partial charge in [0.1, 0.15) is 17.6 Å². The van der Waals surface area contributed by atoms with Gasteiger partial charge >= 0.3 is 0 Å². The lowest BCUT2D eigenvalue weighted by Gasteiger charge is -2.28. The second-order valence-electron chi connectivity index (χ2n) is 6.23. The maximum absolute atomic E-state index is 11.5. The molecule has 0 spiro atoms. The lowest BCUT2D eigenvalue weighted by atomic mass is 10.1. The monoisotopic (exact) mass is 414 g/mol. The molecule has 1 aromatic carbocycles. The van der Waals surface area contributed by atoms with E-state index < -0.39 is 0 Å². The summed E-state index contributed by atoms with van der Waals surface area (Å²) < 4.78 is 10.7. The highest BCUT2D eigenvalue weighted by molar-refractivity contribution is 7.13. The number of benzene rings is 1. The fourth-order valence-electron chi connectivity index (χ4n) is 2.93. The second-order valence-corrected chi connectivity index (χ2v) is 7.18. The lowest BCUT2D eigenvalue weighted by molar-refractivity contribution is -0.384. The number of nitrogens with zero attached hydrogens (tertiary/aromatic N) is 4. The predicted octanol–water partition coefficient (Wildman–Crippen LogP) is 3.70. The highest BCUT2D eigenvalue weighted by Gasteiger charge is 2.21. The third-order valence-electron chi connectivity index (χ3n) is 4.32. The third kappa shape index (κ3) is 4.61. The number of thiophene rings is 1. The van der Waals surface area contributed by atoms with Crippen LogP contribution in [-0.4, -0.2) is 42.4 Å². The zero-order valence-electron chi connectivity index (χ0n) is 15.4. The summed E-state index contributed by atoms with van der Waals surface area (Å²) in [6.07, 6.45) is 2.96. The Balaban J connectivity index is 1.39. The average Bonchev–Trinajstić information content (AvgIpc) is 3.43. The number of hydrogen-bond donors (Lipinski definition) is 0. The number of anilines is 1. The molecule has 2 aromatic heterocycles. The van der Waals surface area contributed by atoms with E-state index in [1.54, 1.807) is 12.1 Å². The summed E-state index contributed by atoms with van der Waals surface area (Å²) in [6, 6.07) is 8.84. The van der Waals surface area contributed by atoms with Gasteiger partial charge in [-0.15, -0.1) is 11.3 Å². The minimum atomic E-state index is -0.384. The van der Waals surface area contributed by atoms with Crippen LogP contribution in [0.5, 0.6) is 0 Å². The fraction of sp³-hybridized carbons (Fsp3) is 0.263. The molecule has 0 aliphatic carbocycles. The van der Waals surface area contributed by atoms with Crippen LogP contribution in [0, 0.1) is 10.1 Å². The van der Waals surface area contributed by atoms with E-state index in [-0.39, 0.29) is 17.2 Å². The van der Waals surface area contributed by atoms with Crippen LogP contribution in [0.2, 0.25) is 0 Å². The first-order valence-corrected chi connectivity index (χ1v) is 9.83. The zero-order valence-corrected chi connectivity index (χ0v) is 16.2. The molecule has 0 saturated carbocycles. The van der Waals surface area contributed by atoms with Crippen LogP contribution in [0.25, 0.3) is 10.8 Å². The summed E-state index contributed by atoms with van der Waals surface area (Å²) in [5.74, 6) is 0.539. The molecule has 0 atom stereocenters. The number of aromatic nitrogens is 1. The second kappa shape index (κ2) is 8.84. The Kier molecular flexibility index (Phi) is 5.82. The Morgan fingerprint density at radius 2 is 2.21 bits per heavy atom. The summed E-state index contributed by atoms with van der Waals surface area (Å²) in [5, 5.41) is 17.3. The van der Waals surface area contributed by atoms with Crippen LogP contribution < -0.4 is 4.90 Å². The molecule has 1 saturated heterocycles. The number of nitro groups is 1. The van der Waals surface area contributed by atoms with Gasteiger partial charge in [0.05, 0.1) is 29.2 Å². The van der Waals surface area contributed by atoms with E-state index >= 15 is 0 Å². The molecule has 3 aromatic rings. The number of nitro benzene ring substituents is 1. The van der Waals surface area contributed by atoms with Gasteiger partial charge in [-0.3, -0.25) is 10.1 Å². The van der Waals surface area contributed by atoms with E-state index in [0.717, 1.165) is 4.88 Å². The summed E-state index contributed by atoms with van der Waals surface area (Å²) in [7, 11) is 0. The summed E-state index contributed by atoms with van der Waals surface area (Å²) in [5.41, 5.74) is 1.81.